The molecule has 0 aliphatic rings. The Bertz CT molecular complexity index is 1340. The lowest BCUT2D eigenvalue weighted by Gasteiger charge is -2.05. The number of fused-ring (bicyclic) bond motifs is 3. The predicted octanol–water partition coefficient (Wildman–Crippen LogP) is 2.99. The lowest BCUT2D eigenvalue weighted by atomic mass is 10.1. The molecule has 5 rings (SSSR count). The molecule has 0 aliphatic carbocycles. The van der Waals surface area contributed by atoms with Gasteiger partial charge in [-0.2, -0.15) is 5.10 Å². The van der Waals surface area contributed by atoms with Gasteiger partial charge in [0.25, 0.3) is 5.91 Å². The predicted molar refractivity (Wildman–Crippen MR) is 116 cm³/mol. The van der Waals surface area contributed by atoms with Crippen molar-refractivity contribution in [2.24, 2.45) is 0 Å². The van der Waals surface area contributed by atoms with Crippen LogP contribution in [0.3, 0.4) is 0 Å². The van der Waals surface area contributed by atoms with Crippen LogP contribution in [0.4, 0.5) is 5.82 Å². The standard InChI is InChI=1S/C22H19N7O/c23-21-17-13-29(10-9-25-22(30)19-3-1-2-7-24-19)12-16(17)15-5-4-14(11-20(15)27-21)18-6-8-26-28-18/h1-8,11-13H,9-10H2,(H2,23,27)(H,25,30)(H,26,28). The Labute approximate surface area is 171 Å². The number of rotatable bonds is 5. The molecule has 0 saturated carbocycles. The summed E-state index contributed by atoms with van der Waals surface area (Å²) in [7, 11) is 0. The van der Waals surface area contributed by atoms with Gasteiger partial charge < -0.3 is 15.6 Å². The zero-order valence-electron chi connectivity index (χ0n) is 16.0. The van der Waals surface area contributed by atoms with Gasteiger partial charge in [0.2, 0.25) is 0 Å². The van der Waals surface area contributed by atoms with Crippen molar-refractivity contribution < 1.29 is 4.79 Å². The van der Waals surface area contributed by atoms with Crippen molar-refractivity contribution in [1.82, 2.24) is 30.0 Å². The summed E-state index contributed by atoms with van der Waals surface area (Å²) in [6.07, 6.45) is 7.33. The number of aromatic nitrogens is 5. The maximum absolute atomic E-state index is 12.1. The third kappa shape index (κ3) is 3.24. The number of carbonyl (C=O) groups excluding carboxylic acids is 1. The average molecular weight is 397 g/mol. The van der Waals surface area contributed by atoms with Crippen molar-refractivity contribution in [3.63, 3.8) is 0 Å². The molecule has 4 aromatic heterocycles. The van der Waals surface area contributed by atoms with Crippen molar-refractivity contribution in [3.8, 4) is 11.3 Å². The van der Waals surface area contributed by atoms with E-state index in [9.17, 15) is 4.79 Å². The number of nitrogen functional groups attached to an aromatic ring is 1. The molecule has 8 nitrogen and oxygen atoms in total. The van der Waals surface area contributed by atoms with Crippen LogP contribution < -0.4 is 11.1 Å². The summed E-state index contributed by atoms with van der Waals surface area (Å²) in [6, 6.07) is 13.3. The Kier molecular flexibility index (Phi) is 4.36. The van der Waals surface area contributed by atoms with Gasteiger partial charge in [0.15, 0.2) is 0 Å². The number of amides is 1. The van der Waals surface area contributed by atoms with Gasteiger partial charge in [0.1, 0.15) is 11.5 Å². The fraction of sp³-hybridized carbons (Fsp3) is 0.0909. The minimum atomic E-state index is -0.190. The molecule has 0 unspecified atom stereocenters. The highest BCUT2D eigenvalue weighted by Gasteiger charge is 2.11. The van der Waals surface area contributed by atoms with E-state index < -0.39 is 0 Å². The van der Waals surface area contributed by atoms with Gasteiger partial charge in [0, 0.05) is 59.6 Å². The number of nitrogens with one attached hydrogen (secondary N) is 2. The maximum atomic E-state index is 12.1. The molecule has 1 aromatic carbocycles. The summed E-state index contributed by atoms with van der Waals surface area (Å²) < 4.78 is 2.02. The summed E-state index contributed by atoms with van der Waals surface area (Å²) >= 11 is 0. The molecule has 30 heavy (non-hydrogen) atoms. The van der Waals surface area contributed by atoms with E-state index in [2.05, 4.69) is 25.5 Å². The molecule has 0 spiro atoms. The molecular formula is C22H19N7O. The van der Waals surface area contributed by atoms with Crippen LogP contribution in [0.2, 0.25) is 0 Å². The Balaban J connectivity index is 1.40. The molecule has 0 saturated heterocycles. The van der Waals surface area contributed by atoms with Gasteiger partial charge in [-0.3, -0.25) is 14.9 Å². The first-order valence-corrected chi connectivity index (χ1v) is 9.57. The maximum Gasteiger partial charge on any atom is 0.269 e. The van der Waals surface area contributed by atoms with Crippen LogP contribution in [0.5, 0.6) is 0 Å². The number of pyridine rings is 2. The van der Waals surface area contributed by atoms with Crippen LogP contribution in [0.15, 0.2) is 67.3 Å². The second-order valence-corrected chi connectivity index (χ2v) is 6.99. The van der Waals surface area contributed by atoms with E-state index in [4.69, 9.17) is 5.73 Å². The fourth-order valence-corrected chi connectivity index (χ4v) is 3.57. The van der Waals surface area contributed by atoms with E-state index in [1.165, 1.54) is 0 Å². The summed E-state index contributed by atoms with van der Waals surface area (Å²) in [5, 5.41) is 12.8. The fourth-order valence-electron chi connectivity index (χ4n) is 3.57. The number of hydrogen-bond acceptors (Lipinski definition) is 5. The van der Waals surface area contributed by atoms with Crippen LogP contribution in [0.1, 0.15) is 10.5 Å². The number of nitrogens with two attached hydrogens (primary N) is 1. The molecule has 0 aliphatic heterocycles. The van der Waals surface area contributed by atoms with Gasteiger partial charge in [-0.05, 0) is 24.3 Å². The summed E-state index contributed by atoms with van der Waals surface area (Å²) in [5.41, 5.74) is 9.40. The van der Waals surface area contributed by atoms with Crippen LogP contribution in [-0.4, -0.2) is 37.2 Å². The molecule has 4 heterocycles. The number of anilines is 1. The molecule has 8 heteroatoms. The van der Waals surface area contributed by atoms with Crippen molar-refractivity contribution in [2.75, 3.05) is 12.3 Å². The molecule has 0 atom stereocenters. The smallest absolute Gasteiger partial charge is 0.269 e. The van der Waals surface area contributed by atoms with Gasteiger partial charge >= 0.3 is 0 Å². The number of hydrogen-bond donors (Lipinski definition) is 3. The second kappa shape index (κ2) is 7.32. The van der Waals surface area contributed by atoms with Gasteiger partial charge in [-0.15, -0.1) is 0 Å². The molecular weight excluding hydrogens is 378 g/mol. The number of benzene rings is 1. The molecule has 148 valence electrons. The quantitative estimate of drug-likeness (QED) is 0.422. The number of aromatic amines is 1. The van der Waals surface area contributed by atoms with Crippen molar-refractivity contribution >= 4 is 33.4 Å². The van der Waals surface area contributed by atoms with Crippen molar-refractivity contribution in [3.05, 3.63) is 72.9 Å². The highest BCUT2D eigenvalue weighted by molar-refractivity contribution is 6.10. The van der Waals surface area contributed by atoms with E-state index in [1.807, 2.05) is 41.2 Å². The number of carbonyl (C=O) groups is 1. The normalized spacial score (nSPS) is 11.2. The molecule has 0 bridgehead atoms. The summed E-state index contributed by atoms with van der Waals surface area (Å²) in [6.45, 7) is 1.09. The van der Waals surface area contributed by atoms with E-state index in [1.54, 1.807) is 30.6 Å². The number of nitrogens with zero attached hydrogens (tertiary/aromatic N) is 4. The largest absolute Gasteiger partial charge is 0.383 e. The van der Waals surface area contributed by atoms with E-state index in [-0.39, 0.29) is 5.91 Å². The monoisotopic (exact) mass is 397 g/mol. The SMILES string of the molecule is Nc1nc2cc(-c3ccn[nH]3)ccc2c2cn(CCNC(=O)c3ccccn3)cc12. The Morgan fingerprint density at radius 1 is 1.07 bits per heavy atom. The third-order valence-corrected chi connectivity index (χ3v) is 5.05. The minimum absolute atomic E-state index is 0.190. The van der Waals surface area contributed by atoms with Gasteiger partial charge in [-0.1, -0.05) is 18.2 Å². The van der Waals surface area contributed by atoms with Crippen LogP contribution in [0.25, 0.3) is 32.9 Å². The Hall–Kier alpha value is -4.20. The third-order valence-electron chi connectivity index (χ3n) is 5.05. The summed E-state index contributed by atoms with van der Waals surface area (Å²) in [4.78, 5) is 20.8. The molecule has 0 fully saturated rings. The topological polar surface area (TPSA) is 115 Å². The first-order valence-electron chi connectivity index (χ1n) is 9.57. The first kappa shape index (κ1) is 17.9. The average Bonchev–Trinajstić information content (AvgIpc) is 3.45. The Morgan fingerprint density at radius 3 is 2.77 bits per heavy atom. The molecule has 5 aromatic rings. The van der Waals surface area contributed by atoms with Gasteiger partial charge in [0.05, 0.1) is 11.2 Å². The molecule has 1 amide bonds. The van der Waals surface area contributed by atoms with Crippen LogP contribution >= 0.6 is 0 Å². The van der Waals surface area contributed by atoms with E-state index in [0.717, 1.165) is 32.9 Å². The van der Waals surface area contributed by atoms with Crippen LogP contribution in [0, 0.1) is 0 Å². The van der Waals surface area contributed by atoms with E-state index in [0.29, 0.717) is 24.6 Å². The minimum Gasteiger partial charge on any atom is -0.383 e. The lowest BCUT2D eigenvalue weighted by molar-refractivity contribution is 0.0947. The van der Waals surface area contributed by atoms with Gasteiger partial charge in [-0.25, -0.2) is 4.98 Å². The molecule has 4 N–H and O–H groups in total. The zero-order valence-corrected chi connectivity index (χ0v) is 16.0. The second-order valence-electron chi connectivity index (χ2n) is 6.99. The van der Waals surface area contributed by atoms with E-state index >= 15 is 0 Å². The first-order chi connectivity index (χ1) is 14.7. The summed E-state index contributed by atoms with van der Waals surface area (Å²) in [5.74, 6) is 0.292. The van der Waals surface area contributed by atoms with Crippen LogP contribution in [-0.2, 0) is 6.54 Å². The number of H-pyrrole nitrogens is 1. The highest BCUT2D eigenvalue weighted by atomic mass is 16.1. The van der Waals surface area contributed by atoms with Crippen molar-refractivity contribution in [1.29, 1.82) is 0 Å². The Morgan fingerprint density at radius 2 is 1.97 bits per heavy atom. The van der Waals surface area contributed by atoms with Crippen molar-refractivity contribution in [2.45, 2.75) is 6.54 Å². The lowest BCUT2D eigenvalue weighted by Crippen LogP contribution is -2.27. The highest BCUT2D eigenvalue weighted by Crippen LogP contribution is 2.31. The molecule has 0 radical (unpaired) electrons. The zero-order chi connectivity index (χ0) is 20.5.